The molecule has 0 bridgehead atoms. The van der Waals surface area contributed by atoms with E-state index >= 15 is 0 Å². The van der Waals surface area contributed by atoms with Crippen molar-refractivity contribution in [1.29, 1.82) is 0 Å². The van der Waals surface area contributed by atoms with E-state index in [9.17, 15) is 29.2 Å². The Labute approximate surface area is 219 Å². The second-order valence-electron chi connectivity index (χ2n) is 9.26. The number of anilines is 1. The molecule has 4 aliphatic rings. The molecule has 5 heterocycles. The van der Waals surface area contributed by atoms with Crippen molar-refractivity contribution in [2.45, 2.75) is 49.9 Å². The summed E-state index contributed by atoms with van der Waals surface area (Å²) in [6, 6.07) is -3.13. The summed E-state index contributed by atoms with van der Waals surface area (Å²) in [6.45, 7) is 2.17. The molecule has 4 aliphatic heterocycles. The van der Waals surface area contributed by atoms with Gasteiger partial charge in [-0.3, -0.25) is 19.3 Å². The molecule has 0 radical (unpaired) electrons. The molecule has 0 saturated carbocycles. The smallest absolute Gasteiger partial charge is 0.352 e. The van der Waals surface area contributed by atoms with Gasteiger partial charge in [0.15, 0.2) is 5.13 Å². The summed E-state index contributed by atoms with van der Waals surface area (Å²) in [5.41, 5.74) is 6.19. The Balaban J connectivity index is 1.33. The number of carbonyl (C=O) groups is 4. The van der Waals surface area contributed by atoms with Crippen molar-refractivity contribution in [2.24, 2.45) is 5.18 Å². The van der Waals surface area contributed by atoms with Gasteiger partial charge in [-0.25, -0.2) is 9.78 Å². The van der Waals surface area contributed by atoms with Crippen LogP contribution in [0.3, 0.4) is 0 Å². The van der Waals surface area contributed by atoms with Crippen molar-refractivity contribution >= 4 is 51.8 Å². The van der Waals surface area contributed by atoms with E-state index in [1.54, 1.807) is 6.08 Å². The number of carboxylic acid groups (broad SMARTS) is 1. The second kappa shape index (κ2) is 9.84. The van der Waals surface area contributed by atoms with E-state index in [-0.39, 0.29) is 32.8 Å². The van der Waals surface area contributed by atoms with E-state index in [4.69, 9.17) is 17.3 Å². The summed E-state index contributed by atoms with van der Waals surface area (Å²) in [7, 11) is 0. The Kier molecular flexibility index (Phi) is 6.72. The number of nitrogens with one attached hydrogen (secondary N) is 2. The van der Waals surface area contributed by atoms with E-state index in [1.165, 1.54) is 0 Å². The predicted molar refractivity (Wildman–Crippen MR) is 132 cm³/mol. The average molecular weight is 550 g/mol. The molecule has 3 fully saturated rings. The number of allylic oxidation sites excluding steroid dienone is 2. The third kappa shape index (κ3) is 4.38. The number of β-lactam (4-membered cyclic amide) rings is 1. The highest BCUT2D eigenvalue weighted by Crippen LogP contribution is 2.39. The zero-order chi connectivity index (χ0) is 26.4. The number of likely N-dealkylation sites (tertiary alicyclic amines) is 1. The van der Waals surface area contributed by atoms with Gasteiger partial charge >= 0.3 is 5.97 Å². The number of nitrogens with two attached hydrogens (primary N) is 1. The molecule has 4 unspecified atom stereocenters. The number of thiazole rings is 1. The van der Waals surface area contributed by atoms with Gasteiger partial charge in [-0.05, 0) is 49.1 Å². The number of aliphatic carboxylic acids is 1. The van der Waals surface area contributed by atoms with E-state index in [0.717, 1.165) is 35.7 Å². The van der Waals surface area contributed by atoms with Crippen LogP contribution in [0.1, 0.15) is 37.4 Å². The average Bonchev–Trinajstić information content (AvgIpc) is 3.59. The summed E-state index contributed by atoms with van der Waals surface area (Å²) in [5, 5.41) is 18.5. The first kappa shape index (κ1) is 25.3. The van der Waals surface area contributed by atoms with Crippen molar-refractivity contribution in [3.05, 3.63) is 37.9 Å². The normalized spacial score (nSPS) is 27.4. The van der Waals surface area contributed by atoms with Crippen LogP contribution in [0.4, 0.5) is 5.13 Å². The molecule has 37 heavy (non-hydrogen) atoms. The number of nitrogen functional groups attached to an aromatic ring is 1. The number of halogens is 1. The fourth-order valence-electron chi connectivity index (χ4n) is 5.42. The Hall–Kier alpha value is -3.36. The van der Waals surface area contributed by atoms with Crippen molar-refractivity contribution in [3.8, 4) is 0 Å². The molecule has 3 saturated heterocycles. The summed E-state index contributed by atoms with van der Waals surface area (Å²) in [5.74, 6) is -2.92. The summed E-state index contributed by atoms with van der Waals surface area (Å²) in [6.07, 6.45) is 3.65. The highest BCUT2D eigenvalue weighted by Gasteiger charge is 2.54. The lowest BCUT2D eigenvalue weighted by Gasteiger charge is -2.50. The first-order chi connectivity index (χ1) is 17.7. The molecule has 0 aliphatic carbocycles. The predicted octanol–water partition coefficient (Wildman–Crippen LogP) is 0.535. The first-order valence-electron chi connectivity index (χ1n) is 11.8. The summed E-state index contributed by atoms with van der Waals surface area (Å²) >= 11 is 6.88. The quantitative estimate of drug-likeness (QED) is 0.214. The number of aromatic nitrogens is 1. The standard InChI is InChI=1S/C22H24ClN7O6S/c23-17-14(27-22(24)37-17)15(28-36)18(31)26-13-12-2-1-9(16(21(34)35)30(12)20(13)33)7-10-4-6-29(19(10)32)11-3-5-25-8-11/h7,11-13,15,25H,1-6,8H2,(H2,24,27)(H,26,31)(H,34,35). The highest BCUT2D eigenvalue weighted by atomic mass is 35.5. The third-order valence-electron chi connectivity index (χ3n) is 7.19. The Morgan fingerprint density at radius 1 is 1.32 bits per heavy atom. The number of rotatable bonds is 7. The van der Waals surface area contributed by atoms with Crippen LogP contribution in [0.5, 0.6) is 0 Å². The van der Waals surface area contributed by atoms with Gasteiger partial charge in [0.1, 0.15) is 21.8 Å². The Morgan fingerprint density at radius 2 is 2.11 bits per heavy atom. The van der Waals surface area contributed by atoms with Gasteiger partial charge in [0.2, 0.25) is 11.9 Å². The fourth-order valence-corrected chi connectivity index (χ4v) is 6.39. The molecule has 0 spiro atoms. The van der Waals surface area contributed by atoms with Crippen LogP contribution in [0.25, 0.3) is 0 Å². The number of nitroso groups, excluding NO2 is 1. The summed E-state index contributed by atoms with van der Waals surface area (Å²) in [4.78, 5) is 69.1. The molecule has 13 nitrogen and oxygen atoms in total. The molecule has 196 valence electrons. The van der Waals surface area contributed by atoms with Crippen molar-refractivity contribution < 1.29 is 24.3 Å². The van der Waals surface area contributed by atoms with Crippen molar-refractivity contribution in [3.63, 3.8) is 0 Å². The second-order valence-corrected chi connectivity index (χ2v) is 10.9. The number of nitrogens with zero attached hydrogens (tertiary/aromatic N) is 4. The van der Waals surface area contributed by atoms with Crippen molar-refractivity contribution in [1.82, 2.24) is 25.4 Å². The van der Waals surface area contributed by atoms with E-state index < -0.39 is 35.9 Å². The lowest BCUT2D eigenvalue weighted by atomic mass is 9.82. The topological polar surface area (TPSA) is 187 Å². The number of fused-ring (bicyclic) bond motifs is 1. The number of carboxylic acids is 1. The molecular formula is C22H24ClN7O6S. The molecular weight excluding hydrogens is 526 g/mol. The molecule has 1 aromatic rings. The van der Waals surface area contributed by atoms with Crippen LogP contribution in [0.15, 0.2) is 28.1 Å². The zero-order valence-corrected chi connectivity index (χ0v) is 21.0. The van der Waals surface area contributed by atoms with Gasteiger partial charge in [0.05, 0.1) is 6.04 Å². The highest BCUT2D eigenvalue weighted by molar-refractivity contribution is 7.19. The Bertz CT molecular complexity index is 1260. The van der Waals surface area contributed by atoms with E-state index in [1.807, 2.05) is 4.90 Å². The number of amides is 3. The molecule has 1 aromatic heterocycles. The number of carbonyl (C=O) groups excluding carboxylic acids is 3. The Morgan fingerprint density at radius 3 is 2.73 bits per heavy atom. The van der Waals surface area contributed by atoms with Gasteiger partial charge in [-0.2, -0.15) is 0 Å². The van der Waals surface area contributed by atoms with Crippen LogP contribution in [-0.2, 0) is 19.2 Å². The minimum Gasteiger partial charge on any atom is -0.477 e. The fraction of sp³-hybridized carbons (Fsp3) is 0.500. The molecule has 0 aromatic carbocycles. The maximum absolute atomic E-state index is 13.0. The van der Waals surface area contributed by atoms with Gasteiger partial charge in [0, 0.05) is 24.7 Å². The number of hydrogen-bond donors (Lipinski definition) is 4. The van der Waals surface area contributed by atoms with Crippen LogP contribution < -0.4 is 16.4 Å². The number of hydrogen-bond acceptors (Lipinski definition) is 10. The minimum atomic E-state index is -1.60. The van der Waals surface area contributed by atoms with Crippen LogP contribution in [0.2, 0.25) is 4.34 Å². The SMILES string of the molecule is Nc1nc(C(N=O)C(=O)NC2C(=O)N3C(C(=O)O)=C(C=C4CCN(C5CCNC5)C4=O)CCC23)c(Cl)s1. The third-order valence-corrected chi connectivity index (χ3v) is 8.31. The van der Waals surface area contributed by atoms with Crippen LogP contribution >= 0.6 is 22.9 Å². The molecule has 5 N–H and O–H groups in total. The molecule has 3 amide bonds. The lowest BCUT2D eigenvalue weighted by Crippen LogP contribution is -2.71. The van der Waals surface area contributed by atoms with Crippen molar-refractivity contribution in [2.75, 3.05) is 25.4 Å². The molecule has 5 rings (SSSR count). The van der Waals surface area contributed by atoms with E-state index in [0.29, 0.717) is 37.0 Å². The van der Waals surface area contributed by atoms with Gasteiger partial charge in [-0.1, -0.05) is 22.9 Å². The minimum absolute atomic E-state index is 0.0366. The van der Waals surface area contributed by atoms with Gasteiger partial charge in [-0.15, -0.1) is 4.91 Å². The maximum Gasteiger partial charge on any atom is 0.352 e. The molecule has 15 heteroatoms. The maximum atomic E-state index is 13.0. The lowest BCUT2D eigenvalue weighted by molar-refractivity contribution is -0.156. The first-order valence-corrected chi connectivity index (χ1v) is 13.0. The van der Waals surface area contributed by atoms with Gasteiger partial charge in [0.25, 0.3) is 11.8 Å². The molecule has 4 atom stereocenters. The largest absolute Gasteiger partial charge is 0.477 e. The van der Waals surface area contributed by atoms with Gasteiger partial charge < -0.3 is 26.4 Å². The van der Waals surface area contributed by atoms with Crippen LogP contribution in [-0.4, -0.2) is 81.3 Å². The summed E-state index contributed by atoms with van der Waals surface area (Å²) < 4.78 is 0.0366. The van der Waals surface area contributed by atoms with Crippen LogP contribution in [0, 0.1) is 4.91 Å². The zero-order valence-electron chi connectivity index (χ0n) is 19.5. The monoisotopic (exact) mass is 549 g/mol. The van der Waals surface area contributed by atoms with E-state index in [2.05, 4.69) is 20.8 Å².